The summed E-state index contributed by atoms with van der Waals surface area (Å²) in [6, 6.07) is 17.2. The number of urea groups is 1. The third-order valence-corrected chi connectivity index (χ3v) is 7.71. The summed E-state index contributed by atoms with van der Waals surface area (Å²) in [5, 5.41) is 12.8. The second-order valence-corrected chi connectivity index (χ2v) is 10.6. The van der Waals surface area contributed by atoms with Crippen LogP contribution < -0.4 is 5.32 Å². The smallest absolute Gasteiger partial charge is 0.322 e. The zero-order valence-electron chi connectivity index (χ0n) is 21.6. The molecule has 1 saturated carbocycles. The molecule has 1 aliphatic rings. The van der Waals surface area contributed by atoms with E-state index in [-0.39, 0.29) is 41.5 Å². The molecule has 0 radical (unpaired) electrons. The van der Waals surface area contributed by atoms with Crippen molar-refractivity contribution in [3.8, 4) is 0 Å². The van der Waals surface area contributed by atoms with Gasteiger partial charge in [-0.15, -0.1) is 0 Å². The Morgan fingerprint density at radius 3 is 2.38 bits per heavy atom. The summed E-state index contributed by atoms with van der Waals surface area (Å²) in [4.78, 5) is 30.6. The molecule has 206 valence electrons. The van der Waals surface area contributed by atoms with Gasteiger partial charge in [0.05, 0.1) is 17.6 Å². The number of halogens is 3. The predicted molar refractivity (Wildman–Crippen MR) is 150 cm³/mol. The third kappa shape index (κ3) is 6.39. The number of carbonyl (C=O) groups is 2. The molecule has 0 bridgehead atoms. The van der Waals surface area contributed by atoms with Gasteiger partial charge in [0.1, 0.15) is 11.6 Å². The number of aromatic nitrogens is 1. The molecule has 6 nitrogen and oxygen atoms in total. The average Bonchev–Trinajstić information content (AvgIpc) is 2.93. The van der Waals surface area contributed by atoms with Crippen molar-refractivity contribution in [2.24, 2.45) is 0 Å². The highest BCUT2D eigenvalue weighted by atomic mass is 35.5. The van der Waals surface area contributed by atoms with Crippen LogP contribution in [0.15, 0.2) is 72.9 Å². The maximum Gasteiger partial charge on any atom is 0.322 e. The van der Waals surface area contributed by atoms with Crippen molar-refractivity contribution in [1.29, 1.82) is 0 Å². The molecule has 9 heteroatoms. The van der Waals surface area contributed by atoms with Crippen LogP contribution in [0.2, 0.25) is 5.02 Å². The van der Waals surface area contributed by atoms with E-state index in [0.717, 1.165) is 40.9 Å². The maximum absolute atomic E-state index is 14.5. The molecule has 3 aromatic carbocycles. The summed E-state index contributed by atoms with van der Waals surface area (Å²) in [6.07, 6.45) is 4.65. The summed E-state index contributed by atoms with van der Waals surface area (Å²) >= 11 is 5.87. The van der Waals surface area contributed by atoms with Gasteiger partial charge >= 0.3 is 12.0 Å². The topological polar surface area (TPSA) is 82.5 Å². The number of carboxylic acid groups (broad SMARTS) is 1. The first kappa shape index (κ1) is 27.5. The highest BCUT2D eigenvalue weighted by Crippen LogP contribution is 2.38. The molecule has 5 rings (SSSR count). The van der Waals surface area contributed by atoms with Crippen molar-refractivity contribution >= 4 is 40.2 Å². The molecule has 4 aromatic rings. The van der Waals surface area contributed by atoms with Crippen LogP contribution in [-0.2, 0) is 17.8 Å². The van der Waals surface area contributed by atoms with Gasteiger partial charge in [0.25, 0.3) is 0 Å². The van der Waals surface area contributed by atoms with Crippen molar-refractivity contribution in [3.05, 3.63) is 106 Å². The van der Waals surface area contributed by atoms with Gasteiger partial charge in [-0.1, -0.05) is 35.9 Å². The summed E-state index contributed by atoms with van der Waals surface area (Å²) in [6.45, 7) is 0.271. The summed E-state index contributed by atoms with van der Waals surface area (Å²) in [7, 11) is 0. The van der Waals surface area contributed by atoms with Crippen molar-refractivity contribution in [2.45, 2.75) is 50.6 Å². The second kappa shape index (κ2) is 12.0. The largest absolute Gasteiger partial charge is 0.481 e. The lowest BCUT2D eigenvalue weighted by molar-refractivity contribution is -0.136. The Morgan fingerprint density at radius 2 is 1.68 bits per heavy atom. The lowest BCUT2D eigenvalue weighted by Gasteiger charge is -2.37. The zero-order valence-corrected chi connectivity index (χ0v) is 22.4. The van der Waals surface area contributed by atoms with E-state index >= 15 is 0 Å². The molecule has 40 heavy (non-hydrogen) atoms. The van der Waals surface area contributed by atoms with Crippen LogP contribution in [0.4, 0.5) is 19.3 Å². The fourth-order valence-corrected chi connectivity index (χ4v) is 5.63. The van der Waals surface area contributed by atoms with Gasteiger partial charge < -0.3 is 15.3 Å². The molecule has 2 amide bonds. The van der Waals surface area contributed by atoms with Crippen LogP contribution in [-0.4, -0.2) is 33.0 Å². The van der Waals surface area contributed by atoms with Crippen LogP contribution in [0.5, 0.6) is 0 Å². The lowest BCUT2D eigenvalue weighted by Crippen LogP contribution is -2.44. The lowest BCUT2D eigenvalue weighted by atomic mass is 9.80. The molecule has 1 aromatic heterocycles. The van der Waals surface area contributed by atoms with E-state index < -0.39 is 17.8 Å². The van der Waals surface area contributed by atoms with Gasteiger partial charge in [-0.3, -0.25) is 9.78 Å². The predicted octanol–water partition coefficient (Wildman–Crippen LogP) is 7.55. The van der Waals surface area contributed by atoms with Crippen LogP contribution in [0.25, 0.3) is 10.9 Å². The first-order valence-electron chi connectivity index (χ1n) is 13.1. The van der Waals surface area contributed by atoms with Gasteiger partial charge in [-0.05, 0) is 90.8 Å². The number of hydrogen-bond donors (Lipinski definition) is 2. The monoisotopic (exact) mass is 563 g/mol. The zero-order chi connectivity index (χ0) is 28.2. The maximum atomic E-state index is 14.5. The third-order valence-electron chi connectivity index (χ3n) is 7.48. The first-order valence-corrected chi connectivity index (χ1v) is 13.5. The first-order chi connectivity index (χ1) is 19.3. The fraction of sp³-hybridized carbons (Fsp3) is 0.258. The van der Waals surface area contributed by atoms with Gasteiger partial charge in [0.2, 0.25) is 0 Å². The number of anilines is 1. The molecule has 1 fully saturated rings. The number of benzene rings is 3. The minimum absolute atomic E-state index is 0.0372. The van der Waals surface area contributed by atoms with E-state index in [0.29, 0.717) is 18.4 Å². The van der Waals surface area contributed by atoms with Crippen LogP contribution in [0, 0.1) is 11.6 Å². The molecule has 0 saturated heterocycles. The molecule has 0 spiro atoms. The summed E-state index contributed by atoms with van der Waals surface area (Å²) < 4.78 is 28.5. The van der Waals surface area contributed by atoms with Gasteiger partial charge in [-0.2, -0.15) is 0 Å². The number of nitrogens with zero attached hydrogens (tertiary/aromatic N) is 2. The van der Waals surface area contributed by atoms with Crippen LogP contribution in [0.1, 0.15) is 48.3 Å². The highest BCUT2D eigenvalue weighted by Gasteiger charge is 2.31. The molecular weight excluding hydrogens is 536 g/mol. The molecule has 2 N–H and O–H groups in total. The standard InChI is InChI=1S/C31H28ClF2N3O3/c32-22-7-11-29(27(34)16-22)36-31(40)37(18-20-3-1-19(2-4-20)15-30(38)39)24-9-5-21(6-10-24)25-13-14-35-28-12-8-23(33)17-26(25)28/h1-4,7-8,11-14,16-17,21,24H,5-6,9-10,15,18H2,(H,36,40)(H,38,39)/t21-,24-. The van der Waals surface area contributed by atoms with Crippen LogP contribution in [0.3, 0.4) is 0 Å². The molecular formula is C31H28ClF2N3O3. The van der Waals surface area contributed by atoms with Crippen LogP contribution >= 0.6 is 11.6 Å². The van der Waals surface area contributed by atoms with Crippen molar-refractivity contribution in [2.75, 3.05) is 5.32 Å². The summed E-state index contributed by atoms with van der Waals surface area (Å²) in [5.41, 5.74) is 3.33. The van der Waals surface area contributed by atoms with E-state index in [2.05, 4.69) is 10.3 Å². The molecule has 1 aliphatic carbocycles. The number of rotatable bonds is 7. The Kier molecular flexibility index (Phi) is 8.26. The van der Waals surface area contributed by atoms with E-state index in [1.807, 2.05) is 18.2 Å². The molecule has 1 heterocycles. The van der Waals surface area contributed by atoms with E-state index in [4.69, 9.17) is 16.7 Å². The second-order valence-electron chi connectivity index (χ2n) is 10.1. The Bertz CT molecular complexity index is 1540. The fourth-order valence-electron chi connectivity index (χ4n) is 5.47. The van der Waals surface area contributed by atoms with Crippen molar-refractivity contribution in [1.82, 2.24) is 9.88 Å². The number of fused-ring (bicyclic) bond motifs is 1. The Balaban J connectivity index is 1.36. The van der Waals surface area contributed by atoms with Crippen molar-refractivity contribution < 1.29 is 23.5 Å². The number of aliphatic carboxylic acids is 1. The minimum Gasteiger partial charge on any atom is -0.481 e. The molecule has 0 unspecified atom stereocenters. The number of amides is 2. The Labute approximate surface area is 235 Å². The van der Waals surface area contributed by atoms with E-state index in [1.54, 1.807) is 29.3 Å². The molecule has 0 aliphatic heterocycles. The minimum atomic E-state index is -0.916. The Morgan fingerprint density at radius 1 is 0.950 bits per heavy atom. The SMILES string of the molecule is O=C(O)Cc1ccc(CN(C(=O)Nc2ccc(Cl)cc2F)[C@H]2CC[C@H](c3ccnc4ccc(F)cc43)CC2)cc1. The number of carboxylic acids is 1. The summed E-state index contributed by atoms with van der Waals surface area (Å²) in [5.74, 6) is -1.65. The van der Waals surface area contributed by atoms with Crippen molar-refractivity contribution in [3.63, 3.8) is 0 Å². The van der Waals surface area contributed by atoms with E-state index in [9.17, 15) is 18.4 Å². The number of pyridine rings is 1. The number of carbonyl (C=O) groups excluding carboxylic acids is 1. The van der Waals surface area contributed by atoms with E-state index in [1.165, 1.54) is 24.3 Å². The quantitative estimate of drug-likeness (QED) is 0.243. The average molecular weight is 564 g/mol. The van der Waals surface area contributed by atoms with Gasteiger partial charge in [-0.25, -0.2) is 13.6 Å². The normalized spacial score (nSPS) is 17.0. The van der Waals surface area contributed by atoms with Gasteiger partial charge in [0, 0.05) is 29.2 Å². The highest BCUT2D eigenvalue weighted by molar-refractivity contribution is 6.30. The Hall–Kier alpha value is -4.04. The molecule has 0 atom stereocenters. The number of hydrogen-bond acceptors (Lipinski definition) is 3. The van der Waals surface area contributed by atoms with Gasteiger partial charge in [0.15, 0.2) is 0 Å². The number of nitrogens with one attached hydrogen (secondary N) is 1.